The third-order valence-corrected chi connectivity index (χ3v) is 5.25. The second-order valence-corrected chi connectivity index (χ2v) is 7.09. The van der Waals surface area contributed by atoms with Crippen LogP contribution in [0.3, 0.4) is 0 Å². The fraction of sp³-hybridized carbons (Fsp3) is 0.625. The van der Waals surface area contributed by atoms with E-state index >= 15 is 0 Å². The van der Waals surface area contributed by atoms with Gasteiger partial charge < -0.3 is 5.32 Å². The second kappa shape index (κ2) is 7.81. The lowest BCUT2D eigenvalue weighted by atomic mass is 10.1. The molecule has 19 heavy (non-hydrogen) atoms. The molecule has 0 aliphatic heterocycles. The molecule has 0 bridgehead atoms. The molecule has 108 valence electrons. The summed E-state index contributed by atoms with van der Waals surface area (Å²) < 4.78 is 12.5. The van der Waals surface area contributed by atoms with Crippen LogP contribution in [0.15, 0.2) is 18.2 Å². The van der Waals surface area contributed by atoms with E-state index in [1.54, 1.807) is 0 Å². The first-order valence-electron chi connectivity index (χ1n) is 7.15. The van der Waals surface area contributed by atoms with Gasteiger partial charge in [0.15, 0.2) is 0 Å². The van der Waals surface area contributed by atoms with Crippen LogP contribution >= 0.6 is 0 Å². The van der Waals surface area contributed by atoms with Gasteiger partial charge in [0.2, 0.25) is 0 Å². The molecule has 0 fully saturated rings. The number of aryl methyl sites for hydroxylation is 2. The molecule has 1 aromatic carbocycles. The lowest BCUT2D eigenvalue weighted by Crippen LogP contribution is -2.40. The Labute approximate surface area is 120 Å². The average molecular weight is 281 g/mol. The quantitative estimate of drug-likeness (QED) is 0.830. The zero-order valence-electron chi connectivity index (χ0n) is 12.8. The van der Waals surface area contributed by atoms with Crippen molar-refractivity contribution in [3.05, 3.63) is 34.9 Å². The van der Waals surface area contributed by atoms with Crippen molar-refractivity contribution in [1.82, 2.24) is 5.32 Å². The Morgan fingerprint density at radius 2 is 1.74 bits per heavy atom. The van der Waals surface area contributed by atoms with Crippen LogP contribution in [0.2, 0.25) is 0 Å². The number of benzene rings is 1. The fourth-order valence-electron chi connectivity index (χ4n) is 2.54. The second-order valence-electron chi connectivity index (χ2n) is 5.30. The monoisotopic (exact) mass is 281 g/mol. The van der Waals surface area contributed by atoms with E-state index in [0.29, 0.717) is 11.8 Å². The maximum Gasteiger partial charge on any atom is 0.0489 e. The summed E-state index contributed by atoms with van der Waals surface area (Å²) in [5.74, 6) is 0.658. The van der Waals surface area contributed by atoms with Crippen molar-refractivity contribution in [2.75, 3.05) is 6.54 Å². The van der Waals surface area contributed by atoms with Crippen molar-refractivity contribution in [2.45, 2.75) is 58.1 Å². The summed E-state index contributed by atoms with van der Waals surface area (Å²) in [6, 6.07) is 6.79. The molecule has 2 nitrogen and oxygen atoms in total. The molecule has 3 atom stereocenters. The average Bonchev–Trinajstić information content (AvgIpc) is 2.33. The highest BCUT2D eigenvalue weighted by Crippen LogP contribution is 2.15. The molecule has 0 amide bonds. The Morgan fingerprint density at radius 1 is 1.16 bits per heavy atom. The minimum absolute atomic E-state index is 0.186. The predicted molar refractivity (Wildman–Crippen MR) is 85.0 cm³/mol. The van der Waals surface area contributed by atoms with Gasteiger partial charge in [-0.1, -0.05) is 43.2 Å². The molecule has 3 heteroatoms. The number of nitrogens with one attached hydrogen (secondary N) is 1. The van der Waals surface area contributed by atoms with Crippen molar-refractivity contribution in [3.8, 4) is 0 Å². The summed E-state index contributed by atoms with van der Waals surface area (Å²) in [5, 5.41) is 3.61. The van der Waals surface area contributed by atoms with Gasteiger partial charge in [-0.2, -0.15) is 0 Å². The smallest absolute Gasteiger partial charge is 0.0489 e. The summed E-state index contributed by atoms with van der Waals surface area (Å²) in [6.45, 7) is 11.5. The first kappa shape index (κ1) is 16.4. The number of hydrogen-bond acceptors (Lipinski definition) is 2. The minimum atomic E-state index is -0.826. The van der Waals surface area contributed by atoms with E-state index in [1.807, 2.05) is 0 Å². The molecule has 0 heterocycles. The van der Waals surface area contributed by atoms with Gasteiger partial charge in [-0.3, -0.25) is 4.21 Å². The van der Waals surface area contributed by atoms with Gasteiger partial charge in [0.25, 0.3) is 0 Å². The zero-order valence-corrected chi connectivity index (χ0v) is 13.6. The topological polar surface area (TPSA) is 29.1 Å². The molecular formula is C16H27NOS. The third kappa shape index (κ3) is 5.07. The summed E-state index contributed by atoms with van der Waals surface area (Å²) in [4.78, 5) is 0. The summed E-state index contributed by atoms with van der Waals surface area (Å²) in [7, 11) is -0.826. The molecule has 0 spiro atoms. The van der Waals surface area contributed by atoms with Gasteiger partial charge in [-0.25, -0.2) is 0 Å². The largest absolute Gasteiger partial charge is 0.313 e. The normalized spacial score (nSPS) is 16.1. The number of hydrogen-bond donors (Lipinski definition) is 1. The molecule has 0 aliphatic carbocycles. The first-order chi connectivity index (χ1) is 8.97. The zero-order chi connectivity index (χ0) is 14.4. The summed E-state index contributed by atoms with van der Waals surface area (Å²) in [5.41, 5.74) is 3.69. The minimum Gasteiger partial charge on any atom is -0.313 e. The molecule has 1 aromatic rings. The Bertz CT molecular complexity index is 411. The molecule has 1 N–H and O–H groups in total. The molecule has 1 rings (SSSR count). The van der Waals surface area contributed by atoms with E-state index in [9.17, 15) is 4.21 Å². The maximum absolute atomic E-state index is 12.5. The fourth-order valence-corrected chi connectivity index (χ4v) is 3.95. The summed E-state index contributed by atoms with van der Waals surface area (Å²) in [6.07, 6.45) is 1.02. The van der Waals surface area contributed by atoms with Crippen LogP contribution in [0, 0.1) is 13.8 Å². The lowest BCUT2D eigenvalue weighted by Gasteiger charge is -2.23. The molecular weight excluding hydrogens is 254 g/mol. The van der Waals surface area contributed by atoms with Crippen molar-refractivity contribution in [1.29, 1.82) is 0 Å². The highest BCUT2D eigenvalue weighted by molar-refractivity contribution is 7.84. The van der Waals surface area contributed by atoms with E-state index < -0.39 is 10.8 Å². The van der Waals surface area contributed by atoms with Crippen LogP contribution in [0.4, 0.5) is 0 Å². The van der Waals surface area contributed by atoms with E-state index in [4.69, 9.17) is 0 Å². The van der Waals surface area contributed by atoms with E-state index in [0.717, 1.165) is 13.0 Å². The first-order valence-corrected chi connectivity index (χ1v) is 8.53. The standard InChI is InChI=1S/C16H27NOS/c1-6-16(17-7-2)14(5)19(18)11-15-9-12(3)8-13(4)10-15/h8-10,14,16-17H,6-7,11H2,1-5H3. The molecule has 0 aliphatic rings. The van der Waals surface area contributed by atoms with E-state index in [-0.39, 0.29) is 5.25 Å². The molecule has 0 saturated heterocycles. The van der Waals surface area contributed by atoms with Crippen LogP contribution in [0.5, 0.6) is 0 Å². The Morgan fingerprint density at radius 3 is 2.21 bits per heavy atom. The molecule has 0 aromatic heterocycles. The number of rotatable bonds is 7. The van der Waals surface area contributed by atoms with Crippen molar-refractivity contribution in [2.24, 2.45) is 0 Å². The van der Waals surface area contributed by atoms with Crippen molar-refractivity contribution >= 4 is 10.8 Å². The van der Waals surface area contributed by atoms with Gasteiger partial charge in [-0.05, 0) is 39.3 Å². The van der Waals surface area contributed by atoms with Gasteiger partial charge in [-0.15, -0.1) is 0 Å². The van der Waals surface area contributed by atoms with E-state index in [1.165, 1.54) is 16.7 Å². The maximum atomic E-state index is 12.5. The highest BCUT2D eigenvalue weighted by Gasteiger charge is 2.20. The Kier molecular flexibility index (Phi) is 6.73. The lowest BCUT2D eigenvalue weighted by molar-refractivity contribution is 0.500. The predicted octanol–water partition coefficient (Wildman–Crippen LogP) is 3.33. The van der Waals surface area contributed by atoms with Gasteiger partial charge in [0, 0.05) is 27.8 Å². The third-order valence-electron chi connectivity index (χ3n) is 3.48. The highest BCUT2D eigenvalue weighted by atomic mass is 32.2. The molecule has 0 saturated carbocycles. The molecule has 3 unspecified atom stereocenters. The van der Waals surface area contributed by atoms with Gasteiger partial charge >= 0.3 is 0 Å². The van der Waals surface area contributed by atoms with Gasteiger partial charge in [0.05, 0.1) is 0 Å². The SMILES string of the molecule is CCNC(CC)C(C)S(=O)Cc1cc(C)cc(C)c1. The van der Waals surface area contributed by atoms with Crippen molar-refractivity contribution in [3.63, 3.8) is 0 Å². The van der Waals surface area contributed by atoms with Crippen LogP contribution in [-0.4, -0.2) is 22.0 Å². The van der Waals surface area contributed by atoms with Crippen LogP contribution < -0.4 is 5.32 Å². The Balaban J connectivity index is 2.72. The molecule has 0 radical (unpaired) electrons. The summed E-state index contributed by atoms with van der Waals surface area (Å²) >= 11 is 0. The van der Waals surface area contributed by atoms with Gasteiger partial charge in [0.1, 0.15) is 0 Å². The van der Waals surface area contributed by atoms with Crippen LogP contribution in [0.25, 0.3) is 0 Å². The van der Waals surface area contributed by atoms with Crippen molar-refractivity contribution < 1.29 is 4.21 Å². The van der Waals surface area contributed by atoms with Crippen LogP contribution in [-0.2, 0) is 16.6 Å². The van der Waals surface area contributed by atoms with E-state index in [2.05, 4.69) is 58.1 Å². The Hall–Kier alpha value is -0.670. The van der Waals surface area contributed by atoms with Crippen LogP contribution in [0.1, 0.15) is 43.9 Å².